The van der Waals surface area contributed by atoms with Gasteiger partial charge in [0.25, 0.3) is 5.91 Å². The van der Waals surface area contributed by atoms with E-state index in [4.69, 9.17) is 4.74 Å². The van der Waals surface area contributed by atoms with Crippen LogP contribution in [-0.4, -0.2) is 64.6 Å². The van der Waals surface area contributed by atoms with Gasteiger partial charge in [-0.05, 0) is 19.1 Å². The third-order valence-corrected chi connectivity index (χ3v) is 4.50. The second-order valence-corrected chi connectivity index (χ2v) is 6.38. The molecular weight excluding hydrogens is 413 g/mol. The van der Waals surface area contributed by atoms with E-state index in [9.17, 15) is 24.1 Å². The van der Waals surface area contributed by atoms with Gasteiger partial charge in [0, 0.05) is 26.2 Å². The number of nitrogens with one attached hydrogen (secondary N) is 2. The van der Waals surface area contributed by atoms with Gasteiger partial charge in [-0.3, -0.25) is 25.8 Å². The van der Waals surface area contributed by atoms with E-state index >= 15 is 0 Å². The number of hydrazine groups is 1. The molecule has 0 aliphatic carbocycles. The van der Waals surface area contributed by atoms with Crippen LogP contribution in [0, 0.1) is 15.9 Å². The fourth-order valence-corrected chi connectivity index (χ4v) is 3.00. The largest absolute Gasteiger partial charge is 0.450 e. The number of carbonyl (C=O) groups is 2. The molecule has 164 valence electrons. The summed E-state index contributed by atoms with van der Waals surface area (Å²) >= 11 is 0. The molecule has 31 heavy (non-hydrogen) atoms. The maximum absolute atomic E-state index is 13.8. The maximum atomic E-state index is 13.8. The van der Waals surface area contributed by atoms with Gasteiger partial charge in [-0.2, -0.15) is 0 Å². The average Bonchev–Trinajstić information content (AvgIpc) is 2.77. The standard InChI is InChI=1S/C18H20FN7O5/c1-2-31-18(28)25-9-7-24(8-10-25)16-14(26(29)30)15(20-11-21-16)22-23-17(27)12-5-3-4-6-13(12)19/h3-6,11H,2,7-10H2,1H3,(H,23,27)(H,20,21,22). The zero-order valence-electron chi connectivity index (χ0n) is 16.6. The molecule has 0 unspecified atom stereocenters. The summed E-state index contributed by atoms with van der Waals surface area (Å²) < 4.78 is 18.7. The fourth-order valence-electron chi connectivity index (χ4n) is 3.00. The summed E-state index contributed by atoms with van der Waals surface area (Å²) in [4.78, 5) is 46.0. The highest BCUT2D eigenvalue weighted by molar-refractivity contribution is 5.95. The minimum atomic E-state index is -0.824. The summed E-state index contributed by atoms with van der Waals surface area (Å²) in [6.45, 7) is 3.14. The lowest BCUT2D eigenvalue weighted by molar-refractivity contribution is -0.383. The number of carbonyl (C=O) groups excluding carboxylic acids is 2. The van der Waals surface area contributed by atoms with Crippen molar-refractivity contribution < 1.29 is 23.6 Å². The topological polar surface area (TPSA) is 143 Å². The number of hydrogen-bond donors (Lipinski definition) is 2. The van der Waals surface area contributed by atoms with Crippen molar-refractivity contribution in [3.63, 3.8) is 0 Å². The number of nitro groups is 1. The first-order valence-electron chi connectivity index (χ1n) is 9.39. The molecule has 1 saturated heterocycles. The molecule has 1 fully saturated rings. The van der Waals surface area contributed by atoms with Crippen LogP contribution < -0.4 is 15.8 Å². The lowest BCUT2D eigenvalue weighted by Gasteiger charge is -2.34. The van der Waals surface area contributed by atoms with Crippen LogP contribution in [0.5, 0.6) is 0 Å². The van der Waals surface area contributed by atoms with Gasteiger partial charge < -0.3 is 14.5 Å². The Morgan fingerprint density at radius 3 is 2.58 bits per heavy atom. The molecule has 0 saturated carbocycles. The number of aromatic nitrogens is 2. The van der Waals surface area contributed by atoms with Gasteiger partial charge in [-0.15, -0.1) is 0 Å². The predicted octanol–water partition coefficient (Wildman–Crippen LogP) is 1.56. The van der Waals surface area contributed by atoms with Crippen LogP contribution in [0.4, 0.5) is 26.5 Å². The van der Waals surface area contributed by atoms with Crippen molar-refractivity contribution in [3.05, 3.63) is 52.1 Å². The van der Waals surface area contributed by atoms with E-state index < -0.39 is 28.4 Å². The Morgan fingerprint density at radius 1 is 1.23 bits per heavy atom. The smallest absolute Gasteiger partial charge is 0.409 e. The highest BCUT2D eigenvalue weighted by Gasteiger charge is 2.31. The van der Waals surface area contributed by atoms with Crippen LogP contribution in [0.3, 0.4) is 0 Å². The molecular formula is C18H20FN7O5. The number of amides is 2. The molecule has 2 amide bonds. The Labute approximate surface area is 176 Å². The van der Waals surface area contributed by atoms with Gasteiger partial charge in [0.1, 0.15) is 12.1 Å². The summed E-state index contributed by atoms with van der Waals surface area (Å²) in [6.07, 6.45) is 0.662. The summed E-state index contributed by atoms with van der Waals surface area (Å²) in [7, 11) is 0. The molecule has 2 aromatic rings. The lowest BCUT2D eigenvalue weighted by Crippen LogP contribution is -2.49. The number of halogens is 1. The predicted molar refractivity (Wildman–Crippen MR) is 107 cm³/mol. The van der Waals surface area contributed by atoms with Crippen LogP contribution in [0.1, 0.15) is 17.3 Å². The van der Waals surface area contributed by atoms with E-state index in [1.807, 2.05) is 0 Å². The Bertz CT molecular complexity index is 982. The quantitative estimate of drug-likeness (QED) is 0.512. The minimum absolute atomic E-state index is 0.0335. The van der Waals surface area contributed by atoms with Crippen molar-refractivity contribution in [3.8, 4) is 0 Å². The molecule has 2 N–H and O–H groups in total. The van der Waals surface area contributed by atoms with Crippen molar-refractivity contribution in [1.29, 1.82) is 0 Å². The highest BCUT2D eigenvalue weighted by atomic mass is 19.1. The van der Waals surface area contributed by atoms with Gasteiger partial charge in [0.2, 0.25) is 11.6 Å². The Kier molecular flexibility index (Phi) is 6.74. The molecule has 13 heteroatoms. The first-order chi connectivity index (χ1) is 14.9. The fraction of sp³-hybridized carbons (Fsp3) is 0.333. The van der Waals surface area contributed by atoms with Crippen molar-refractivity contribution in [1.82, 2.24) is 20.3 Å². The number of hydrogen-bond acceptors (Lipinski definition) is 9. The summed E-state index contributed by atoms with van der Waals surface area (Å²) in [5, 5.41) is 11.7. The van der Waals surface area contributed by atoms with Gasteiger partial charge in [0.05, 0.1) is 17.1 Å². The first kappa shape index (κ1) is 21.7. The first-order valence-corrected chi connectivity index (χ1v) is 9.39. The third kappa shape index (κ3) is 4.94. The zero-order valence-corrected chi connectivity index (χ0v) is 16.6. The zero-order chi connectivity index (χ0) is 22.4. The van der Waals surface area contributed by atoms with Crippen LogP contribution >= 0.6 is 0 Å². The molecule has 12 nitrogen and oxygen atoms in total. The second-order valence-electron chi connectivity index (χ2n) is 6.38. The number of anilines is 2. The van der Waals surface area contributed by atoms with E-state index in [0.29, 0.717) is 13.1 Å². The molecule has 1 aromatic carbocycles. The summed E-state index contributed by atoms with van der Waals surface area (Å²) in [5.41, 5.74) is 3.89. The molecule has 0 bridgehead atoms. The van der Waals surface area contributed by atoms with Crippen LogP contribution in [-0.2, 0) is 4.74 Å². The van der Waals surface area contributed by atoms with E-state index in [2.05, 4.69) is 20.8 Å². The number of benzene rings is 1. The summed E-state index contributed by atoms with van der Waals surface area (Å²) in [5.74, 6) is -1.78. The van der Waals surface area contributed by atoms with Crippen molar-refractivity contribution in [2.75, 3.05) is 43.1 Å². The van der Waals surface area contributed by atoms with Crippen molar-refractivity contribution >= 4 is 29.3 Å². The molecule has 0 radical (unpaired) electrons. The third-order valence-electron chi connectivity index (χ3n) is 4.50. The van der Waals surface area contributed by atoms with Crippen LogP contribution in [0.25, 0.3) is 0 Å². The monoisotopic (exact) mass is 433 g/mol. The van der Waals surface area contributed by atoms with Gasteiger partial charge in [0.15, 0.2) is 0 Å². The van der Waals surface area contributed by atoms with E-state index in [1.165, 1.54) is 23.1 Å². The van der Waals surface area contributed by atoms with Crippen molar-refractivity contribution in [2.24, 2.45) is 0 Å². The van der Waals surface area contributed by atoms with E-state index in [1.54, 1.807) is 11.8 Å². The molecule has 2 heterocycles. The Balaban J connectivity index is 1.74. The molecule has 1 aromatic heterocycles. The van der Waals surface area contributed by atoms with E-state index in [-0.39, 0.29) is 36.9 Å². The van der Waals surface area contributed by atoms with Gasteiger partial charge >= 0.3 is 11.8 Å². The number of rotatable bonds is 6. The SMILES string of the molecule is CCOC(=O)N1CCN(c2ncnc(NNC(=O)c3ccccc3F)c2[N+](=O)[O-])CC1. The lowest BCUT2D eigenvalue weighted by atomic mass is 10.2. The molecule has 0 atom stereocenters. The number of piperazine rings is 1. The molecule has 0 spiro atoms. The average molecular weight is 433 g/mol. The van der Waals surface area contributed by atoms with Gasteiger partial charge in [-0.25, -0.2) is 19.2 Å². The van der Waals surface area contributed by atoms with Gasteiger partial charge in [-0.1, -0.05) is 12.1 Å². The van der Waals surface area contributed by atoms with Crippen molar-refractivity contribution in [2.45, 2.75) is 6.92 Å². The number of nitrogens with zero attached hydrogens (tertiary/aromatic N) is 5. The minimum Gasteiger partial charge on any atom is -0.450 e. The van der Waals surface area contributed by atoms with Crippen LogP contribution in [0.15, 0.2) is 30.6 Å². The normalized spacial score (nSPS) is 13.5. The number of ether oxygens (including phenoxy) is 1. The molecule has 1 aliphatic heterocycles. The Hall–Kier alpha value is -4.03. The maximum Gasteiger partial charge on any atom is 0.409 e. The molecule has 1 aliphatic rings. The summed E-state index contributed by atoms with van der Waals surface area (Å²) in [6, 6.07) is 5.31. The molecule has 3 rings (SSSR count). The van der Waals surface area contributed by atoms with Crippen LogP contribution in [0.2, 0.25) is 0 Å². The Morgan fingerprint density at radius 2 is 1.94 bits per heavy atom. The second kappa shape index (κ2) is 9.65. The highest BCUT2D eigenvalue weighted by Crippen LogP contribution is 2.32. The van der Waals surface area contributed by atoms with E-state index in [0.717, 1.165) is 12.4 Å².